The Morgan fingerprint density at radius 3 is 2.19 bits per heavy atom. The number of piperidine rings is 1. The molecule has 0 aromatic heterocycles. The highest BCUT2D eigenvalue weighted by molar-refractivity contribution is 6.41. The maximum absolute atomic E-state index is 13.5. The van der Waals surface area contributed by atoms with Crippen LogP contribution in [0.4, 0.5) is 18.9 Å². The van der Waals surface area contributed by atoms with Crippen molar-refractivity contribution in [3.63, 3.8) is 0 Å². The highest BCUT2D eigenvalue weighted by Gasteiger charge is 2.38. The van der Waals surface area contributed by atoms with Gasteiger partial charge in [0.2, 0.25) is 0 Å². The number of imide groups is 1. The molecule has 31 heavy (non-hydrogen) atoms. The minimum Gasteiger partial charge on any atom is -0.371 e. The molecule has 4 rings (SSSR count). The number of fused-ring (bicyclic) bond motifs is 1. The largest absolute Gasteiger partial charge is 0.416 e. The standard InChI is InChI=1S/C24H23F3N2O2/c1-15-7-5-8-16(2)28(15)14-21-19-11-3-4-12-20(19)22(30)29(23(21)31)18-10-6-9-17(13-18)24(25,26)27/h3-4,6,9-16H,5,7-8H2,1-2H3. The van der Waals surface area contributed by atoms with Gasteiger partial charge in [0.1, 0.15) is 0 Å². The normalized spacial score (nSPS) is 23.3. The van der Waals surface area contributed by atoms with Gasteiger partial charge in [-0.05, 0) is 57.4 Å². The van der Waals surface area contributed by atoms with Gasteiger partial charge in [-0.25, -0.2) is 4.90 Å². The lowest BCUT2D eigenvalue weighted by molar-refractivity contribution is -0.137. The van der Waals surface area contributed by atoms with Crippen molar-refractivity contribution >= 4 is 23.1 Å². The number of anilines is 1. The van der Waals surface area contributed by atoms with Gasteiger partial charge in [0.15, 0.2) is 0 Å². The molecule has 0 spiro atoms. The van der Waals surface area contributed by atoms with Gasteiger partial charge in [0, 0.05) is 29.4 Å². The van der Waals surface area contributed by atoms with Gasteiger partial charge in [-0.3, -0.25) is 9.59 Å². The van der Waals surface area contributed by atoms with Crippen LogP contribution in [0.25, 0.3) is 5.57 Å². The van der Waals surface area contributed by atoms with E-state index in [4.69, 9.17) is 0 Å². The first-order valence-corrected chi connectivity index (χ1v) is 10.3. The minimum absolute atomic E-state index is 0.0926. The molecule has 2 heterocycles. The predicted octanol–water partition coefficient (Wildman–Crippen LogP) is 5.50. The van der Waals surface area contributed by atoms with E-state index in [1.807, 2.05) is 0 Å². The first-order chi connectivity index (χ1) is 14.7. The van der Waals surface area contributed by atoms with Gasteiger partial charge in [-0.2, -0.15) is 13.2 Å². The van der Waals surface area contributed by atoms with Gasteiger partial charge in [0.25, 0.3) is 11.8 Å². The topological polar surface area (TPSA) is 40.6 Å². The number of likely N-dealkylation sites (tertiary alicyclic amines) is 1. The third-order valence-electron chi connectivity index (χ3n) is 6.06. The number of hydrogen-bond acceptors (Lipinski definition) is 3. The molecule has 2 aromatic rings. The number of carbonyl (C=O) groups excluding carboxylic acids is 2. The number of nitrogens with zero attached hydrogens (tertiary/aromatic N) is 2. The van der Waals surface area contributed by atoms with E-state index >= 15 is 0 Å². The van der Waals surface area contributed by atoms with Gasteiger partial charge in [0.05, 0.1) is 16.8 Å². The second kappa shape index (κ2) is 7.87. The van der Waals surface area contributed by atoms with Crippen LogP contribution < -0.4 is 4.90 Å². The van der Waals surface area contributed by atoms with Gasteiger partial charge in [-0.1, -0.05) is 24.3 Å². The summed E-state index contributed by atoms with van der Waals surface area (Å²) >= 11 is 0. The van der Waals surface area contributed by atoms with E-state index in [2.05, 4.69) is 18.7 Å². The Morgan fingerprint density at radius 2 is 1.55 bits per heavy atom. The van der Waals surface area contributed by atoms with Crippen molar-refractivity contribution < 1.29 is 22.8 Å². The average Bonchev–Trinajstić information content (AvgIpc) is 2.73. The Balaban J connectivity index is 1.84. The second-order valence-electron chi connectivity index (χ2n) is 8.16. The van der Waals surface area contributed by atoms with Crippen LogP contribution in [-0.2, 0) is 11.0 Å². The quantitative estimate of drug-likeness (QED) is 0.469. The lowest BCUT2D eigenvalue weighted by atomic mass is 9.92. The Hall–Kier alpha value is -3.09. The van der Waals surface area contributed by atoms with Crippen LogP contribution in [0.5, 0.6) is 0 Å². The van der Waals surface area contributed by atoms with Gasteiger partial charge in [-0.15, -0.1) is 0 Å². The van der Waals surface area contributed by atoms with E-state index < -0.39 is 23.6 Å². The molecule has 2 aromatic carbocycles. The van der Waals surface area contributed by atoms with Crippen LogP contribution in [0.15, 0.2) is 54.7 Å². The Morgan fingerprint density at radius 1 is 0.903 bits per heavy atom. The maximum Gasteiger partial charge on any atom is 0.416 e. The summed E-state index contributed by atoms with van der Waals surface area (Å²) in [5.41, 5.74) is 0.111. The van der Waals surface area contributed by atoms with Crippen molar-refractivity contribution in [3.8, 4) is 0 Å². The van der Waals surface area contributed by atoms with Gasteiger partial charge < -0.3 is 4.90 Å². The third kappa shape index (κ3) is 3.84. The fourth-order valence-electron chi connectivity index (χ4n) is 4.38. The molecule has 1 saturated heterocycles. The summed E-state index contributed by atoms with van der Waals surface area (Å²) in [6.45, 7) is 4.17. The van der Waals surface area contributed by atoms with Crippen LogP contribution in [0.2, 0.25) is 0 Å². The fourth-order valence-corrected chi connectivity index (χ4v) is 4.38. The summed E-state index contributed by atoms with van der Waals surface area (Å²) in [6, 6.07) is 11.5. The number of amides is 2. The van der Waals surface area contributed by atoms with Crippen molar-refractivity contribution in [2.75, 3.05) is 4.90 Å². The van der Waals surface area contributed by atoms with Crippen molar-refractivity contribution in [3.05, 3.63) is 71.4 Å². The van der Waals surface area contributed by atoms with Crippen LogP contribution >= 0.6 is 0 Å². The molecular weight excluding hydrogens is 405 g/mol. The molecule has 0 radical (unpaired) electrons. The van der Waals surface area contributed by atoms with E-state index in [0.29, 0.717) is 16.7 Å². The van der Waals surface area contributed by atoms with Crippen LogP contribution in [0, 0.1) is 0 Å². The molecule has 7 heteroatoms. The molecule has 2 atom stereocenters. The SMILES string of the molecule is CC1CCCC(C)N1C=C1C(=O)N(c2cccc(C(F)(F)F)c2)C(=O)c2ccccc21. The van der Waals surface area contributed by atoms with Crippen molar-refractivity contribution in [2.45, 2.75) is 51.4 Å². The number of rotatable bonds is 2. The molecule has 0 N–H and O–H groups in total. The zero-order valence-corrected chi connectivity index (χ0v) is 17.3. The van der Waals surface area contributed by atoms with E-state index in [1.165, 1.54) is 12.1 Å². The molecule has 0 bridgehead atoms. The van der Waals surface area contributed by atoms with E-state index in [-0.39, 0.29) is 17.8 Å². The number of halogens is 3. The summed E-state index contributed by atoms with van der Waals surface area (Å²) in [5.74, 6) is -1.25. The first kappa shape index (κ1) is 21.2. The zero-order valence-electron chi connectivity index (χ0n) is 17.3. The molecule has 0 aliphatic carbocycles. The Labute approximate surface area is 179 Å². The number of hydrogen-bond donors (Lipinski definition) is 0. The Kier molecular flexibility index (Phi) is 5.37. The maximum atomic E-state index is 13.5. The van der Waals surface area contributed by atoms with E-state index in [9.17, 15) is 22.8 Å². The molecule has 2 unspecified atom stereocenters. The second-order valence-corrected chi connectivity index (χ2v) is 8.16. The summed E-state index contributed by atoms with van der Waals surface area (Å²) < 4.78 is 39.7. The van der Waals surface area contributed by atoms with Crippen LogP contribution in [0.1, 0.15) is 54.6 Å². The van der Waals surface area contributed by atoms with Crippen LogP contribution in [0.3, 0.4) is 0 Å². The molecule has 4 nitrogen and oxygen atoms in total. The predicted molar refractivity (Wildman–Crippen MR) is 112 cm³/mol. The van der Waals surface area contributed by atoms with Crippen molar-refractivity contribution in [2.24, 2.45) is 0 Å². The summed E-state index contributed by atoms with van der Waals surface area (Å²) in [4.78, 5) is 29.6. The highest BCUT2D eigenvalue weighted by atomic mass is 19.4. The highest BCUT2D eigenvalue weighted by Crippen LogP contribution is 2.36. The van der Waals surface area contributed by atoms with Gasteiger partial charge >= 0.3 is 6.18 Å². The average molecular weight is 428 g/mol. The van der Waals surface area contributed by atoms with Crippen molar-refractivity contribution in [1.29, 1.82) is 0 Å². The lowest BCUT2D eigenvalue weighted by Gasteiger charge is -2.39. The third-order valence-corrected chi connectivity index (χ3v) is 6.06. The number of benzene rings is 2. The number of alkyl halides is 3. The zero-order chi connectivity index (χ0) is 22.3. The fraction of sp³-hybridized carbons (Fsp3) is 0.333. The molecule has 1 fully saturated rings. The minimum atomic E-state index is -4.58. The summed E-state index contributed by atoms with van der Waals surface area (Å²) in [7, 11) is 0. The molecule has 2 aliphatic heterocycles. The molecule has 2 aliphatic rings. The molecule has 0 saturated carbocycles. The van der Waals surface area contributed by atoms with Crippen LogP contribution in [-0.4, -0.2) is 28.8 Å². The number of carbonyl (C=O) groups is 2. The van der Waals surface area contributed by atoms with E-state index in [0.717, 1.165) is 36.3 Å². The van der Waals surface area contributed by atoms with E-state index in [1.54, 1.807) is 30.5 Å². The smallest absolute Gasteiger partial charge is 0.371 e. The lowest BCUT2D eigenvalue weighted by Crippen LogP contribution is -2.44. The monoisotopic (exact) mass is 428 g/mol. The molecular formula is C24H23F3N2O2. The molecule has 162 valence electrons. The summed E-state index contributed by atoms with van der Waals surface area (Å²) in [5, 5.41) is 0. The summed E-state index contributed by atoms with van der Waals surface area (Å²) in [6.07, 6.45) is 0.275. The Bertz CT molecular complexity index is 1050. The van der Waals surface area contributed by atoms with Crippen molar-refractivity contribution in [1.82, 2.24) is 4.90 Å². The first-order valence-electron chi connectivity index (χ1n) is 10.3. The molecule has 2 amide bonds.